The van der Waals surface area contributed by atoms with Gasteiger partial charge in [-0.25, -0.2) is 4.21 Å². The van der Waals surface area contributed by atoms with E-state index in [2.05, 4.69) is 0 Å². The molecule has 2 aliphatic rings. The molecule has 6 heteroatoms. The highest BCUT2D eigenvalue weighted by molar-refractivity contribution is 7.77. The first kappa shape index (κ1) is 12.0. The molecule has 1 aromatic carbocycles. The molecule has 2 atom stereocenters. The Kier molecular flexibility index (Phi) is 3.01. The van der Waals surface area contributed by atoms with Crippen molar-refractivity contribution in [3.63, 3.8) is 0 Å². The van der Waals surface area contributed by atoms with E-state index in [1.165, 1.54) is 5.56 Å². The molecule has 0 aliphatic carbocycles. The quantitative estimate of drug-likeness (QED) is 0.805. The van der Waals surface area contributed by atoms with Crippen LogP contribution < -0.4 is 9.47 Å². The summed E-state index contributed by atoms with van der Waals surface area (Å²) in [5, 5.41) is 0. The smallest absolute Gasteiger partial charge is 0.237 e. The Morgan fingerprint density at radius 3 is 2.61 bits per heavy atom. The second-order valence-corrected chi connectivity index (χ2v) is 5.55. The average molecular weight is 269 g/mol. The van der Waals surface area contributed by atoms with Crippen molar-refractivity contribution in [3.05, 3.63) is 23.3 Å². The number of nitrogens with zero attached hydrogens (tertiary/aromatic N) is 1. The maximum absolute atomic E-state index is 11.7. The van der Waals surface area contributed by atoms with Gasteiger partial charge in [-0.05, 0) is 29.7 Å². The lowest BCUT2D eigenvalue weighted by Gasteiger charge is -2.28. The monoisotopic (exact) mass is 269 g/mol. The molecule has 5 nitrogen and oxygen atoms in total. The van der Waals surface area contributed by atoms with Crippen LogP contribution in [0.3, 0.4) is 0 Å². The minimum Gasteiger partial charge on any atom is -0.493 e. The molecule has 2 aliphatic heterocycles. The largest absolute Gasteiger partial charge is 0.493 e. The molecule has 1 saturated heterocycles. The van der Waals surface area contributed by atoms with E-state index in [-0.39, 0.29) is 6.04 Å². The lowest BCUT2D eigenvalue weighted by molar-refractivity contribution is 0.290. The third-order valence-corrected chi connectivity index (χ3v) is 4.60. The highest BCUT2D eigenvalue weighted by atomic mass is 32.2. The number of hydrogen-bond donors (Lipinski definition) is 0. The van der Waals surface area contributed by atoms with Gasteiger partial charge in [-0.15, -0.1) is 0 Å². The van der Waals surface area contributed by atoms with E-state index in [1.54, 1.807) is 14.2 Å². The van der Waals surface area contributed by atoms with Gasteiger partial charge in [0.15, 0.2) is 11.5 Å². The molecule has 0 aromatic heterocycles. The van der Waals surface area contributed by atoms with Crippen LogP contribution >= 0.6 is 0 Å². The second-order valence-electron chi connectivity index (χ2n) is 4.41. The fraction of sp³-hybridized carbons (Fsp3) is 0.500. The standard InChI is InChI=1S/C12H15NO4S/c1-15-11-4-8-3-10-7-17-18(14)13(10)6-9(8)5-12(11)16-2/h4-5,10H,3,6-7H2,1-2H3/t10-,18?/m1/s1. The number of hydrogen-bond acceptors (Lipinski definition) is 4. The molecule has 1 aromatic rings. The van der Waals surface area contributed by atoms with Gasteiger partial charge in [0, 0.05) is 6.54 Å². The van der Waals surface area contributed by atoms with E-state index < -0.39 is 11.3 Å². The van der Waals surface area contributed by atoms with E-state index in [9.17, 15) is 4.21 Å². The molecule has 0 radical (unpaired) electrons. The Morgan fingerprint density at radius 2 is 1.94 bits per heavy atom. The van der Waals surface area contributed by atoms with Crippen LogP contribution in [0.2, 0.25) is 0 Å². The Bertz CT molecular complexity index is 505. The normalized spacial score (nSPS) is 26.6. The van der Waals surface area contributed by atoms with Crippen LogP contribution in [0, 0.1) is 0 Å². The van der Waals surface area contributed by atoms with E-state index in [0.29, 0.717) is 18.9 Å². The van der Waals surface area contributed by atoms with Crippen LogP contribution in [0.15, 0.2) is 12.1 Å². The third kappa shape index (κ3) is 1.81. The van der Waals surface area contributed by atoms with Crippen LogP contribution in [0.25, 0.3) is 0 Å². The van der Waals surface area contributed by atoms with Crippen molar-refractivity contribution >= 4 is 11.3 Å². The number of ether oxygens (including phenoxy) is 2. The Labute approximate surface area is 108 Å². The van der Waals surface area contributed by atoms with E-state index in [1.807, 2.05) is 16.4 Å². The highest BCUT2D eigenvalue weighted by Crippen LogP contribution is 2.36. The fourth-order valence-corrected chi connectivity index (χ4v) is 3.51. The summed E-state index contributed by atoms with van der Waals surface area (Å²) in [5.74, 6) is 1.45. The van der Waals surface area contributed by atoms with Gasteiger partial charge in [-0.2, -0.15) is 4.31 Å². The summed E-state index contributed by atoms with van der Waals surface area (Å²) in [4.78, 5) is 0. The lowest BCUT2D eigenvalue weighted by atomic mass is 9.95. The molecule has 1 unspecified atom stereocenters. The molecule has 0 spiro atoms. The number of rotatable bonds is 2. The van der Waals surface area contributed by atoms with E-state index in [0.717, 1.165) is 17.7 Å². The average Bonchev–Trinajstić information content (AvgIpc) is 2.75. The number of fused-ring (bicyclic) bond motifs is 2. The maximum Gasteiger partial charge on any atom is 0.237 e. The summed E-state index contributed by atoms with van der Waals surface area (Å²) in [5.41, 5.74) is 2.35. The fourth-order valence-electron chi connectivity index (χ4n) is 2.47. The summed E-state index contributed by atoms with van der Waals surface area (Å²) >= 11 is -1.30. The molecule has 2 heterocycles. The molecule has 18 heavy (non-hydrogen) atoms. The summed E-state index contributed by atoms with van der Waals surface area (Å²) < 4.78 is 29.3. The summed E-state index contributed by atoms with van der Waals surface area (Å²) in [6.45, 7) is 1.16. The van der Waals surface area contributed by atoms with Gasteiger partial charge >= 0.3 is 0 Å². The first-order chi connectivity index (χ1) is 8.72. The molecular weight excluding hydrogens is 254 g/mol. The van der Waals surface area contributed by atoms with Crippen LogP contribution in [0.1, 0.15) is 11.1 Å². The van der Waals surface area contributed by atoms with Gasteiger partial charge in [0.2, 0.25) is 11.3 Å². The second kappa shape index (κ2) is 4.53. The predicted molar refractivity (Wildman–Crippen MR) is 66.7 cm³/mol. The van der Waals surface area contributed by atoms with Crippen molar-refractivity contribution in [1.29, 1.82) is 0 Å². The Balaban J connectivity index is 1.99. The summed E-state index contributed by atoms with van der Waals surface area (Å²) in [6, 6.07) is 4.17. The molecule has 0 saturated carbocycles. The van der Waals surface area contributed by atoms with E-state index in [4.69, 9.17) is 13.7 Å². The van der Waals surface area contributed by atoms with Crippen molar-refractivity contribution in [1.82, 2.24) is 4.31 Å². The SMILES string of the molecule is COc1cc2c(cc1OC)CN1[C@@H](COS1=O)C2. The van der Waals surface area contributed by atoms with Crippen LogP contribution in [-0.4, -0.2) is 35.4 Å². The minimum absolute atomic E-state index is 0.205. The van der Waals surface area contributed by atoms with Crippen molar-refractivity contribution in [3.8, 4) is 11.5 Å². The van der Waals surface area contributed by atoms with Gasteiger partial charge in [0.05, 0.1) is 26.9 Å². The third-order valence-electron chi connectivity index (χ3n) is 3.45. The molecule has 0 N–H and O–H groups in total. The van der Waals surface area contributed by atoms with Gasteiger partial charge in [0.1, 0.15) is 0 Å². The molecule has 3 rings (SSSR count). The molecule has 98 valence electrons. The topological polar surface area (TPSA) is 48.0 Å². The van der Waals surface area contributed by atoms with Crippen molar-refractivity contribution in [2.45, 2.75) is 19.0 Å². The Hall–Kier alpha value is -1.11. The molecular formula is C12H15NO4S. The van der Waals surface area contributed by atoms with Crippen LogP contribution in [0.4, 0.5) is 0 Å². The van der Waals surface area contributed by atoms with Gasteiger partial charge in [0.25, 0.3) is 0 Å². The minimum atomic E-state index is -1.30. The lowest BCUT2D eigenvalue weighted by Crippen LogP contribution is -2.36. The van der Waals surface area contributed by atoms with Crippen molar-refractivity contribution in [2.24, 2.45) is 0 Å². The molecule has 1 fully saturated rings. The first-order valence-corrected chi connectivity index (χ1v) is 6.81. The first-order valence-electron chi connectivity index (χ1n) is 5.78. The van der Waals surface area contributed by atoms with Crippen LogP contribution in [0.5, 0.6) is 11.5 Å². The zero-order chi connectivity index (χ0) is 12.7. The Morgan fingerprint density at radius 1 is 1.28 bits per heavy atom. The van der Waals surface area contributed by atoms with Gasteiger partial charge in [-0.1, -0.05) is 0 Å². The zero-order valence-corrected chi connectivity index (χ0v) is 11.2. The molecule has 0 bridgehead atoms. The van der Waals surface area contributed by atoms with Gasteiger partial charge < -0.3 is 9.47 Å². The van der Waals surface area contributed by atoms with Gasteiger partial charge in [-0.3, -0.25) is 4.18 Å². The van der Waals surface area contributed by atoms with Crippen LogP contribution in [-0.2, 0) is 28.4 Å². The van der Waals surface area contributed by atoms with E-state index >= 15 is 0 Å². The number of benzene rings is 1. The molecule has 0 amide bonds. The zero-order valence-electron chi connectivity index (χ0n) is 10.3. The highest BCUT2D eigenvalue weighted by Gasteiger charge is 2.37. The van der Waals surface area contributed by atoms with Crippen molar-refractivity contribution in [2.75, 3.05) is 20.8 Å². The predicted octanol–water partition coefficient (Wildman–Crippen LogP) is 1.04. The van der Waals surface area contributed by atoms with Crippen molar-refractivity contribution < 1.29 is 17.9 Å². The summed E-state index contributed by atoms with van der Waals surface area (Å²) in [6.07, 6.45) is 0.835. The number of methoxy groups -OCH3 is 2. The maximum atomic E-state index is 11.7. The summed E-state index contributed by atoms with van der Waals surface area (Å²) in [7, 11) is 3.25.